The van der Waals surface area contributed by atoms with Crippen LogP contribution in [0, 0.1) is 12.8 Å². The summed E-state index contributed by atoms with van der Waals surface area (Å²) in [5.41, 5.74) is 3.18. The van der Waals surface area contributed by atoms with Crippen LogP contribution in [0.15, 0.2) is 48.7 Å². The highest BCUT2D eigenvalue weighted by molar-refractivity contribution is 6.30. The molecule has 3 aromatic rings. The molecule has 1 fully saturated rings. The van der Waals surface area contributed by atoms with Gasteiger partial charge in [-0.2, -0.15) is 5.10 Å². The first-order valence-electron chi connectivity index (χ1n) is 10.4. The average Bonchev–Trinajstić information content (AvgIpc) is 3.04. The van der Waals surface area contributed by atoms with Gasteiger partial charge in [-0.3, -0.25) is 9.69 Å². The van der Waals surface area contributed by atoms with E-state index in [1.54, 1.807) is 12.1 Å². The first-order chi connectivity index (χ1) is 15.0. The van der Waals surface area contributed by atoms with Gasteiger partial charge in [-0.15, -0.1) is 0 Å². The number of rotatable bonds is 6. The van der Waals surface area contributed by atoms with Crippen molar-refractivity contribution in [3.05, 3.63) is 75.7 Å². The first-order valence-corrected chi connectivity index (χ1v) is 11.2. The Balaban J connectivity index is 1.32. The number of carbonyl (C=O) groups excluding carboxylic acids is 1. The average molecular weight is 458 g/mol. The number of anilines is 1. The van der Waals surface area contributed by atoms with Gasteiger partial charge < -0.3 is 5.32 Å². The summed E-state index contributed by atoms with van der Waals surface area (Å²) in [6.45, 7) is 5.08. The summed E-state index contributed by atoms with van der Waals surface area (Å²) in [7, 11) is 0. The molecule has 162 valence electrons. The zero-order chi connectivity index (χ0) is 21.8. The fourth-order valence-corrected chi connectivity index (χ4v) is 4.29. The van der Waals surface area contributed by atoms with Crippen LogP contribution in [0.2, 0.25) is 10.2 Å². The number of piperidine rings is 1. The highest BCUT2D eigenvalue weighted by atomic mass is 35.5. The zero-order valence-corrected chi connectivity index (χ0v) is 18.9. The molecule has 0 spiro atoms. The van der Waals surface area contributed by atoms with Gasteiger partial charge in [-0.25, -0.2) is 9.67 Å². The molecule has 0 bridgehead atoms. The number of nitrogens with one attached hydrogen (secondary N) is 1. The molecule has 6 nitrogen and oxygen atoms in total. The Morgan fingerprint density at radius 2 is 1.84 bits per heavy atom. The molecule has 2 aromatic heterocycles. The number of pyridine rings is 1. The molecule has 0 radical (unpaired) electrons. The van der Waals surface area contributed by atoms with Gasteiger partial charge in [0.15, 0.2) is 0 Å². The van der Waals surface area contributed by atoms with Crippen LogP contribution in [0.25, 0.3) is 0 Å². The van der Waals surface area contributed by atoms with Gasteiger partial charge in [0.2, 0.25) is 5.91 Å². The first kappa shape index (κ1) is 21.8. The van der Waals surface area contributed by atoms with E-state index in [4.69, 9.17) is 23.2 Å². The van der Waals surface area contributed by atoms with Gasteiger partial charge in [0.05, 0.1) is 17.3 Å². The number of aryl methyl sites for hydroxylation is 1. The number of hydrogen-bond donors (Lipinski definition) is 1. The molecule has 4 rings (SSSR count). The van der Waals surface area contributed by atoms with Crippen molar-refractivity contribution >= 4 is 34.9 Å². The van der Waals surface area contributed by atoms with Crippen molar-refractivity contribution in [2.45, 2.75) is 32.9 Å². The van der Waals surface area contributed by atoms with E-state index in [0.717, 1.165) is 43.7 Å². The van der Waals surface area contributed by atoms with E-state index in [1.165, 1.54) is 11.8 Å². The van der Waals surface area contributed by atoms with Crippen molar-refractivity contribution in [1.82, 2.24) is 19.7 Å². The number of hydrogen-bond acceptors (Lipinski definition) is 4. The molecular weight excluding hydrogens is 433 g/mol. The molecule has 0 aliphatic carbocycles. The van der Waals surface area contributed by atoms with Crippen LogP contribution in [-0.2, 0) is 17.9 Å². The molecule has 1 saturated heterocycles. The summed E-state index contributed by atoms with van der Waals surface area (Å²) in [5, 5.41) is 8.77. The molecule has 3 heterocycles. The zero-order valence-electron chi connectivity index (χ0n) is 17.4. The molecule has 1 aliphatic rings. The molecule has 31 heavy (non-hydrogen) atoms. The standard InChI is InChI=1S/C23H25Cl2N5O/c1-16-20(22(25)30(28-16)14-17-5-3-2-4-6-17)15-29-11-9-18(10-12-29)23(31)27-21-8-7-19(24)13-26-21/h2-8,13,18H,9-12,14-15H2,1H3,(H,26,27,31). The minimum atomic E-state index is -0.0221. The largest absolute Gasteiger partial charge is 0.310 e. The van der Waals surface area contributed by atoms with Crippen molar-refractivity contribution in [1.29, 1.82) is 0 Å². The summed E-state index contributed by atoms with van der Waals surface area (Å²) >= 11 is 12.5. The maximum Gasteiger partial charge on any atom is 0.228 e. The molecule has 0 atom stereocenters. The van der Waals surface area contributed by atoms with Crippen LogP contribution in [-0.4, -0.2) is 38.7 Å². The normalized spacial score (nSPS) is 15.2. The molecule has 8 heteroatoms. The molecule has 1 aliphatic heterocycles. The maximum atomic E-state index is 12.6. The summed E-state index contributed by atoms with van der Waals surface area (Å²) in [6, 6.07) is 13.6. The quantitative estimate of drug-likeness (QED) is 0.577. The van der Waals surface area contributed by atoms with Gasteiger partial charge in [-0.1, -0.05) is 53.5 Å². The Morgan fingerprint density at radius 3 is 2.52 bits per heavy atom. The van der Waals surface area contributed by atoms with Crippen LogP contribution in [0.5, 0.6) is 0 Å². The van der Waals surface area contributed by atoms with Crippen LogP contribution < -0.4 is 5.32 Å². The Labute approximate surface area is 192 Å². The molecule has 0 saturated carbocycles. The third-order valence-corrected chi connectivity index (χ3v) is 6.32. The van der Waals surface area contributed by atoms with E-state index < -0.39 is 0 Å². The number of halogens is 2. The minimum Gasteiger partial charge on any atom is -0.310 e. The van der Waals surface area contributed by atoms with Crippen LogP contribution in [0.4, 0.5) is 5.82 Å². The second kappa shape index (κ2) is 9.81. The van der Waals surface area contributed by atoms with Gasteiger partial charge in [-0.05, 0) is 50.6 Å². The second-order valence-corrected chi connectivity index (χ2v) is 8.69. The minimum absolute atomic E-state index is 0.0133. The SMILES string of the molecule is Cc1nn(Cc2ccccc2)c(Cl)c1CN1CCC(C(=O)Nc2ccc(Cl)cn2)CC1. The van der Waals surface area contributed by atoms with E-state index >= 15 is 0 Å². The van der Waals surface area contributed by atoms with E-state index in [2.05, 4.69) is 32.4 Å². The smallest absolute Gasteiger partial charge is 0.228 e. The lowest BCUT2D eigenvalue weighted by Crippen LogP contribution is -2.38. The summed E-state index contributed by atoms with van der Waals surface area (Å²) in [6.07, 6.45) is 3.13. The lowest BCUT2D eigenvalue weighted by atomic mass is 9.95. The lowest BCUT2D eigenvalue weighted by Gasteiger charge is -2.31. The number of carbonyl (C=O) groups is 1. The highest BCUT2D eigenvalue weighted by Gasteiger charge is 2.26. The van der Waals surface area contributed by atoms with E-state index in [9.17, 15) is 4.79 Å². The summed E-state index contributed by atoms with van der Waals surface area (Å²) in [4.78, 5) is 19.0. The summed E-state index contributed by atoms with van der Waals surface area (Å²) in [5.74, 6) is 0.524. The van der Waals surface area contributed by atoms with Crippen molar-refractivity contribution < 1.29 is 4.79 Å². The Hall–Kier alpha value is -2.41. The highest BCUT2D eigenvalue weighted by Crippen LogP contribution is 2.26. The van der Waals surface area contributed by atoms with E-state index in [0.29, 0.717) is 22.5 Å². The third-order valence-electron chi connectivity index (χ3n) is 5.68. The van der Waals surface area contributed by atoms with Gasteiger partial charge >= 0.3 is 0 Å². The van der Waals surface area contributed by atoms with Crippen molar-refractivity contribution in [2.24, 2.45) is 5.92 Å². The number of benzene rings is 1. The van der Waals surface area contributed by atoms with Crippen molar-refractivity contribution in [3.63, 3.8) is 0 Å². The number of likely N-dealkylation sites (tertiary alicyclic amines) is 1. The Kier molecular flexibility index (Phi) is 6.90. The predicted octanol–water partition coefficient (Wildman–Crippen LogP) is 4.79. The third kappa shape index (κ3) is 5.45. The molecule has 0 unspecified atom stereocenters. The fraction of sp³-hybridized carbons (Fsp3) is 0.348. The van der Waals surface area contributed by atoms with Crippen LogP contribution in [0.1, 0.15) is 29.7 Å². The van der Waals surface area contributed by atoms with Crippen molar-refractivity contribution in [3.8, 4) is 0 Å². The monoisotopic (exact) mass is 457 g/mol. The Morgan fingerprint density at radius 1 is 1.10 bits per heavy atom. The lowest BCUT2D eigenvalue weighted by molar-refractivity contribution is -0.121. The molecule has 1 amide bonds. The number of amides is 1. The fourth-order valence-electron chi connectivity index (χ4n) is 3.89. The second-order valence-electron chi connectivity index (χ2n) is 7.90. The van der Waals surface area contributed by atoms with Crippen molar-refractivity contribution in [2.75, 3.05) is 18.4 Å². The summed E-state index contributed by atoms with van der Waals surface area (Å²) < 4.78 is 1.86. The van der Waals surface area contributed by atoms with Gasteiger partial charge in [0.1, 0.15) is 11.0 Å². The predicted molar refractivity (Wildman–Crippen MR) is 123 cm³/mol. The Bertz CT molecular complexity index is 1030. The molecule has 1 aromatic carbocycles. The number of aromatic nitrogens is 3. The number of nitrogens with zero attached hydrogens (tertiary/aromatic N) is 4. The van der Waals surface area contributed by atoms with Gasteiger partial charge in [0, 0.05) is 24.2 Å². The van der Waals surface area contributed by atoms with Gasteiger partial charge in [0.25, 0.3) is 0 Å². The molecule has 1 N–H and O–H groups in total. The van der Waals surface area contributed by atoms with Crippen LogP contribution >= 0.6 is 23.2 Å². The maximum absolute atomic E-state index is 12.6. The van der Waals surface area contributed by atoms with E-state index in [-0.39, 0.29) is 11.8 Å². The topological polar surface area (TPSA) is 63.1 Å². The van der Waals surface area contributed by atoms with Crippen LogP contribution in [0.3, 0.4) is 0 Å². The van der Waals surface area contributed by atoms with E-state index in [1.807, 2.05) is 29.8 Å². The molecular formula is C23H25Cl2N5O.